The van der Waals surface area contributed by atoms with E-state index in [0.29, 0.717) is 42.3 Å². The first-order chi connectivity index (χ1) is 15.0. The summed E-state index contributed by atoms with van der Waals surface area (Å²) in [5.74, 6) is -0.196. The van der Waals surface area contributed by atoms with Crippen molar-refractivity contribution >= 4 is 35.2 Å². The third kappa shape index (κ3) is 7.86. The third-order valence-corrected chi connectivity index (χ3v) is 6.25. The zero-order chi connectivity index (χ0) is 22.6. The first-order valence-corrected chi connectivity index (χ1v) is 12.1. The molecule has 1 unspecified atom stereocenters. The zero-order valence-electron chi connectivity index (χ0n) is 18.1. The van der Waals surface area contributed by atoms with Crippen LogP contribution in [0.5, 0.6) is 0 Å². The standard InChI is InChI=1S/C24H30ClFN2O2S/c1-3-14-27-24(30)22(4-2)28(15-13-18-9-6-5-7-10-18)23(29)17-31-16-19-20(25)11-8-12-21(19)26/h5-12,22H,3-4,13-17H2,1-2H3,(H,27,30). The van der Waals surface area contributed by atoms with E-state index < -0.39 is 6.04 Å². The zero-order valence-corrected chi connectivity index (χ0v) is 19.6. The Morgan fingerprint density at radius 3 is 2.52 bits per heavy atom. The van der Waals surface area contributed by atoms with E-state index in [2.05, 4.69) is 5.32 Å². The van der Waals surface area contributed by atoms with Crippen LogP contribution >= 0.6 is 23.4 Å². The van der Waals surface area contributed by atoms with Gasteiger partial charge in [-0.1, -0.05) is 61.8 Å². The lowest BCUT2D eigenvalue weighted by atomic mass is 10.1. The molecule has 0 radical (unpaired) electrons. The van der Waals surface area contributed by atoms with Crippen LogP contribution in [0.3, 0.4) is 0 Å². The lowest BCUT2D eigenvalue weighted by molar-refractivity contribution is -0.138. The monoisotopic (exact) mass is 464 g/mol. The molecule has 0 heterocycles. The second-order valence-corrected chi connectivity index (χ2v) is 8.62. The van der Waals surface area contributed by atoms with Gasteiger partial charge in [0.05, 0.1) is 5.75 Å². The molecular formula is C24H30ClFN2O2S. The second-order valence-electron chi connectivity index (χ2n) is 7.23. The molecule has 1 atom stereocenters. The molecule has 0 aliphatic carbocycles. The number of carbonyl (C=O) groups excluding carboxylic acids is 2. The average Bonchev–Trinajstić information content (AvgIpc) is 2.77. The molecule has 31 heavy (non-hydrogen) atoms. The van der Waals surface area contributed by atoms with Gasteiger partial charge in [0.1, 0.15) is 11.9 Å². The van der Waals surface area contributed by atoms with E-state index in [1.165, 1.54) is 17.8 Å². The number of amides is 2. The van der Waals surface area contributed by atoms with Crippen molar-refractivity contribution in [1.29, 1.82) is 0 Å². The Morgan fingerprint density at radius 1 is 1.13 bits per heavy atom. The van der Waals surface area contributed by atoms with Gasteiger partial charge in [-0.25, -0.2) is 4.39 Å². The van der Waals surface area contributed by atoms with Crippen molar-refractivity contribution in [3.8, 4) is 0 Å². The van der Waals surface area contributed by atoms with E-state index in [-0.39, 0.29) is 23.4 Å². The Morgan fingerprint density at radius 2 is 1.87 bits per heavy atom. The summed E-state index contributed by atoms with van der Waals surface area (Å²) >= 11 is 7.39. The number of halogens is 2. The van der Waals surface area contributed by atoms with Crippen molar-refractivity contribution in [3.05, 3.63) is 70.5 Å². The van der Waals surface area contributed by atoms with E-state index in [0.717, 1.165) is 12.0 Å². The molecule has 0 saturated heterocycles. The molecule has 0 aliphatic rings. The minimum Gasteiger partial charge on any atom is -0.354 e. The number of rotatable bonds is 12. The highest BCUT2D eigenvalue weighted by molar-refractivity contribution is 7.99. The molecule has 2 aromatic rings. The van der Waals surface area contributed by atoms with Crippen LogP contribution in [0.1, 0.15) is 37.8 Å². The van der Waals surface area contributed by atoms with Crippen LogP contribution in [0, 0.1) is 5.82 Å². The van der Waals surface area contributed by atoms with Gasteiger partial charge in [0.2, 0.25) is 11.8 Å². The summed E-state index contributed by atoms with van der Waals surface area (Å²) in [6.07, 6.45) is 2.02. The lowest BCUT2D eigenvalue weighted by Gasteiger charge is -2.30. The molecule has 0 saturated carbocycles. The van der Waals surface area contributed by atoms with Crippen molar-refractivity contribution < 1.29 is 14.0 Å². The highest BCUT2D eigenvalue weighted by atomic mass is 35.5. The number of nitrogens with one attached hydrogen (secondary N) is 1. The summed E-state index contributed by atoms with van der Waals surface area (Å²) < 4.78 is 14.0. The smallest absolute Gasteiger partial charge is 0.242 e. The first-order valence-electron chi connectivity index (χ1n) is 10.6. The predicted molar refractivity (Wildman–Crippen MR) is 127 cm³/mol. The molecule has 2 aromatic carbocycles. The molecule has 4 nitrogen and oxygen atoms in total. The maximum Gasteiger partial charge on any atom is 0.242 e. The summed E-state index contributed by atoms with van der Waals surface area (Å²) in [5, 5.41) is 3.26. The SMILES string of the molecule is CCCNC(=O)C(CC)N(CCc1ccccc1)C(=O)CSCc1c(F)cccc1Cl. The Labute approximate surface area is 193 Å². The Hall–Kier alpha value is -2.05. The molecule has 168 valence electrons. The molecule has 0 fully saturated rings. The van der Waals surface area contributed by atoms with Gasteiger partial charge in [-0.3, -0.25) is 9.59 Å². The van der Waals surface area contributed by atoms with Crippen molar-refractivity contribution in [2.75, 3.05) is 18.8 Å². The number of hydrogen-bond donors (Lipinski definition) is 1. The molecule has 0 aliphatic heterocycles. The number of carbonyl (C=O) groups is 2. The van der Waals surface area contributed by atoms with Gasteiger partial charge in [0.25, 0.3) is 0 Å². The highest BCUT2D eigenvalue weighted by Crippen LogP contribution is 2.24. The molecule has 1 N–H and O–H groups in total. The van der Waals surface area contributed by atoms with Crippen molar-refractivity contribution in [2.45, 2.75) is 44.9 Å². The van der Waals surface area contributed by atoms with Crippen LogP contribution in [0.2, 0.25) is 5.02 Å². The summed E-state index contributed by atoms with van der Waals surface area (Å²) in [6.45, 7) is 4.92. The molecule has 7 heteroatoms. The predicted octanol–water partition coefficient (Wildman–Crippen LogP) is 5.09. The van der Waals surface area contributed by atoms with Crippen LogP contribution in [0.4, 0.5) is 4.39 Å². The fourth-order valence-corrected chi connectivity index (χ4v) is 4.50. The third-order valence-electron chi connectivity index (χ3n) is 4.95. The van der Waals surface area contributed by atoms with Crippen LogP contribution in [0.15, 0.2) is 48.5 Å². The summed E-state index contributed by atoms with van der Waals surface area (Å²) in [7, 11) is 0. The molecule has 0 bridgehead atoms. The van der Waals surface area contributed by atoms with Gasteiger partial charge < -0.3 is 10.2 Å². The number of thioether (sulfide) groups is 1. The Balaban J connectivity index is 2.07. The van der Waals surface area contributed by atoms with Gasteiger partial charge in [0, 0.05) is 29.4 Å². The number of hydrogen-bond acceptors (Lipinski definition) is 3. The Kier molecular flexibility index (Phi) is 10.9. The molecule has 0 aromatic heterocycles. The van der Waals surface area contributed by atoms with Gasteiger partial charge in [-0.05, 0) is 37.0 Å². The lowest BCUT2D eigenvalue weighted by Crippen LogP contribution is -2.50. The van der Waals surface area contributed by atoms with E-state index in [1.807, 2.05) is 44.2 Å². The highest BCUT2D eigenvalue weighted by Gasteiger charge is 2.28. The van der Waals surface area contributed by atoms with E-state index in [1.54, 1.807) is 17.0 Å². The largest absolute Gasteiger partial charge is 0.354 e. The van der Waals surface area contributed by atoms with Crippen LogP contribution < -0.4 is 5.32 Å². The fraction of sp³-hybridized carbons (Fsp3) is 0.417. The quantitative estimate of drug-likeness (QED) is 0.476. The normalized spacial score (nSPS) is 11.7. The van der Waals surface area contributed by atoms with Crippen molar-refractivity contribution in [3.63, 3.8) is 0 Å². The number of nitrogens with zero attached hydrogens (tertiary/aromatic N) is 1. The van der Waals surface area contributed by atoms with Crippen LogP contribution in [-0.2, 0) is 21.8 Å². The average molecular weight is 465 g/mol. The first kappa shape index (κ1) is 25.2. The van der Waals surface area contributed by atoms with Crippen molar-refractivity contribution in [1.82, 2.24) is 10.2 Å². The maximum absolute atomic E-state index is 14.0. The topological polar surface area (TPSA) is 49.4 Å². The van der Waals surface area contributed by atoms with Gasteiger partial charge >= 0.3 is 0 Å². The molecular weight excluding hydrogens is 435 g/mol. The fourth-order valence-electron chi connectivity index (χ4n) is 3.26. The maximum atomic E-state index is 14.0. The minimum atomic E-state index is -0.527. The second kappa shape index (κ2) is 13.4. The molecule has 0 spiro atoms. The van der Waals surface area contributed by atoms with E-state index in [9.17, 15) is 14.0 Å². The molecule has 2 amide bonds. The van der Waals surface area contributed by atoms with Gasteiger partial charge in [-0.15, -0.1) is 11.8 Å². The van der Waals surface area contributed by atoms with Gasteiger partial charge in [0.15, 0.2) is 0 Å². The number of benzene rings is 2. The Bertz CT molecular complexity index is 830. The minimum absolute atomic E-state index is 0.132. The van der Waals surface area contributed by atoms with Crippen LogP contribution in [-0.4, -0.2) is 41.6 Å². The summed E-state index contributed by atoms with van der Waals surface area (Å²) in [5.41, 5.74) is 1.50. The van der Waals surface area contributed by atoms with Gasteiger partial charge in [-0.2, -0.15) is 0 Å². The molecule has 2 rings (SSSR count). The summed E-state index contributed by atoms with van der Waals surface area (Å²) in [4.78, 5) is 27.5. The van der Waals surface area contributed by atoms with E-state index in [4.69, 9.17) is 11.6 Å². The van der Waals surface area contributed by atoms with E-state index >= 15 is 0 Å². The summed E-state index contributed by atoms with van der Waals surface area (Å²) in [6, 6.07) is 13.9. The van der Waals surface area contributed by atoms with Crippen LogP contribution in [0.25, 0.3) is 0 Å². The van der Waals surface area contributed by atoms with Crippen molar-refractivity contribution in [2.24, 2.45) is 0 Å².